The summed E-state index contributed by atoms with van der Waals surface area (Å²) in [6.07, 6.45) is 3.14. The van der Waals surface area contributed by atoms with Crippen molar-refractivity contribution in [1.29, 1.82) is 0 Å². The third kappa shape index (κ3) is 1.90. The molecule has 10 heavy (non-hydrogen) atoms. The maximum atomic E-state index is 10.5. The van der Waals surface area contributed by atoms with E-state index >= 15 is 0 Å². The summed E-state index contributed by atoms with van der Waals surface area (Å²) in [6.45, 7) is 10.5. The Morgan fingerprint density at radius 3 is 1.90 bits per heavy atom. The molecular weight excluding hydrogens is 126 g/mol. The number of nitrogens with two attached hydrogens (primary N) is 1. The number of allylic oxidation sites excluding steroid dienone is 2. The molecular formula is C8H11NO. The number of hydrogen-bond donors (Lipinski definition) is 1. The zero-order valence-corrected chi connectivity index (χ0v) is 5.84. The number of primary amides is 1. The van der Waals surface area contributed by atoms with Crippen molar-refractivity contribution in [3.05, 3.63) is 37.5 Å². The van der Waals surface area contributed by atoms with Gasteiger partial charge in [-0.25, -0.2) is 0 Å². The van der Waals surface area contributed by atoms with Gasteiger partial charge in [-0.3, -0.25) is 4.79 Å². The SMILES string of the molecule is C=CC(C=C)C(=C)C(N)=O. The Hall–Kier alpha value is -1.31. The van der Waals surface area contributed by atoms with Gasteiger partial charge in [0.05, 0.1) is 0 Å². The average molecular weight is 137 g/mol. The molecule has 0 fully saturated rings. The fourth-order valence-corrected chi connectivity index (χ4v) is 0.545. The molecule has 0 atom stereocenters. The summed E-state index contributed by atoms with van der Waals surface area (Å²) in [5.74, 6) is -0.706. The summed E-state index contributed by atoms with van der Waals surface area (Å²) in [7, 11) is 0. The van der Waals surface area contributed by atoms with E-state index in [4.69, 9.17) is 5.73 Å². The van der Waals surface area contributed by atoms with Crippen LogP contribution < -0.4 is 5.73 Å². The van der Waals surface area contributed by atoms with Crippen LogP contribution in [0.4, 0.5) is 0 Å². The number of hydrogen-bond acceptors (Lipinski definition) is 1. The van der Waals surface area contributed by atoms with E-state index in [0.717, 1.165) is 0 Å². The molecule has 0 aliphatic rings. The summed E-state index contributed by atoms with van der Waals surface area (Å²) in [5, 5.41) is 0. The highest BCUT2D eigenvalue weighted by molar-refractivity contribution is 5.92. The van der Waals surface area contributed by atoms with Crippen LogP contribution in [0.2, 0.25) is 0 Å². The number of rotatable bonds is 4. The van der Waals surface area contributed by atoms with Gasteiger partial charge >= 0.3 is 0 Å². The summed E-state index contributed by atoms with van der Waals surface area (Å²) < 4.78 is 0. The highest BCUT2D eigenvalue weighted by Gasteiger charge is 2.08. The second kappa shape index (κ2) is 3.67. The Morgan fingerprint density at radius 2 is 1.80 bits per heavy atom. The van der Waals surface area contributed by atoms with Gasteiger partial charge in [-0.2, -0.15) is 0 Å². The second-order valence-electron chi connectivity index (χ2n) is 1.89. The number of carbonyl (C=O) groups excluding carboxylic acids is 1. The molecule has 0 spiro atoms. The van der Waals surface area contributed by atoms with E-state index in [2.05, 4.69) is 19.7 Å². The van der Waals surface area contributed by atoms with Gasteiger partial charge in [0.1, 0.15) is 0 Å². The highest BCUT2D eigenvalue weighted by atomic mass is 16.1. The van der Waals surface area contributed by atoms with E-state index in [0.29, 0.717) is 5.57 Å². The van der Waals surface area contributed by atoms with Gasteiger partial charge in [0.15, 0.2) is 0 Å². The molecule has 0 aromatic rings. The van der Waals surface area contributed by atoms with Crippen molar-refractivity contribution < 1.29 is 4.79 Å². The van der Waals surface area contributed by atoms with Crippen LogP contribution in [0.15, 0.2) is 37.5 Å². The summed E-state index contributed by atoms with van der Waals surface area (Å²) >= 11 is 0. The lowest BCUT2D eigenvalue weighted by atomic mass is 10.0. The van der Waals surface area contributed by atoms with Crippen LogP contribution in [-0.2, 0) is 4.79 Å². The van der Waals surface area contributed by atoms with Crippen molar-refractivity contribution in [3.8, 4) is 0 Å². The predicted octanol–water partition coefficient (Wildman–Crippen LogP) is 1.02. The Labute approximate surface area is 60.7 Å². The summed E-state index contributed by atoms with van der Waals surface area (Å²) in [4.78, 5) is 10.5. The van der Waals surface area contributed by atoms with E-state index in [1.807, 2.05) is 0 Å². The van der Waals surface area contributed by atoms with Crippen LogP contribution in [0.3, 0.4) is 0 Å². The van der Waals surface area contributed by atoms with Crippen molar-refractivity contribution in [2.24, 2.45) is 11.7 Å². The molecule has 0 unspecified atom stereocenters. The minimum Gasteiger partial charge on any atom is -0.366 e. The lowest BCUT2D eigenvalue weighted by Crippen LogP contribution is -2.17. The lowest BCUT2D eigenvalue weighted by molar-refractivity contribution is -0.114. The first-order chi connectivity index (χ1) is 4.63. The van der Waals surface area contributed by atoms with E-state index in [9.17, 15) is 4.79 Å². The Balaban J connectivity index is 4.29. The van der Waals surface area contributed by atoms with Crippen LogP contribution >= 0.6 is 0 Å². The Kier molecular flexibility index (Phi) is 3.19. The normalized spacial score (nSPS) is 8.90. The third-order valence-electron chi connectivity index (χ3n) is 1.23. The molecule has 0 saturated heterocycles. The van der Waals surface area contributed by atoms with Gasteiger partial charge in [-0.15, -0.1) is 13.2 Å². The molecule has 0 radical (unpaired) electrons. The fourth-order valence-electron chi connectivity index (χ4n) is 0.545. The van der Waals surface area contributed by atoms with Gasteiger partial charge < -0.3 is 5.73 Å². The van der Waals surface area contributed by atoms with Gasteiger partial charge in [0.2, 0.25) is 5.91 Å². The van der Waals surface area contributed by atoms with Crippen LogP contribution in [0.1, 0.15) is 0 Å². The monoisotopic (exact) mass is 137 g/mol. The molecule has 0 aromatic heterocycles. The first kappa shape index (κ1) is 8.69. The molecule has 0 bridgehead atoms. The van der Waals surface area contributed by atoms with Crippen molar-refractivity contribution in [2.75, 3.05) is 0 Å². The zero-order chi connectivity index (χ0) is 8.15. The minimum atomic E-state index is -0.509. The van der Waals surface area contributed by atoms with E-state index < -0.39 is 5.91 Å². The zero-order valence-electron chi connectivity index (χ0n) is 5.84. The van der Waals surface area contributed by atoms with Crippen molar-refractivity contribution in [2.45, 2.75) is 0 Å². The first-order valence-electron chi connectivity index (χ1n) is 2.87. The van der Waals surface area contributed by atoms with Gasteiger partial charge in [0, 0.05) is 11.5 Å². The second-order valence-corrected chi connectivity index (χ2v) is 1.89. The Bertz CT molecular complexity index is 174. The van der Waals surface area contributed by atoms with E-state index in [1.165, 1.54) is 0 Å². The van der Waals surface area contributed by atoms with Crippen LogP contribution in [0.25, 0.3) is 0 Å². The molecule has 0 heterocycles. The van der Waals surface area contributed by atoms with Crippen LogP contribution in [0, 0.1) is 5.92 Å². The smallest absolute Gasteiger partial charge is 0.244 e. The van der Waals surface area contributed by atoms with Gasteiger partial charge in [0.25, 0.3) is 0 Å². The fraction of sp³-hybridized carbons (Fsp3) is 0.125. The van der Waals surface area contributed by atoms with Crippen molar-refractivity contribution in [1.82, 2.24) is 0 Å². The maximum absolute atomic E-state index is 10.5. The van der Waals surface area contributed by atoms with Gasteiger partial charge in [-0.1, -0.05) is 18.7 Å². The van der Waals surface area contributed by atoms with Crippen LogP contribution in [0.5, 0.6) is 0 Å². The summed E-state index contributed by atoms with van der Waals surface area (Å²) in [6, 6.07) is 0. The largest absolute Gasteiger partial charge is 0.366 e. The van der Waals surface area contributed by atoms with Crippen LogP contribution in [-0.4, -0.2) is 5.91 Å². The van der Waals surface area contributed by atoms with E-state index in [-0.39, 0.29) is 5.92 Å². The first-order valence-corrected chi connectivity index (χ1v) is 2.87. The molecule has 2 nitrogen and oxygen atoms in total. The number of amides is 1. The van der Waals surface area contributed by atoms with Crippen molar-refractivity contribution in [3.63, 3.8) is 0 Å². The number of carbonyl (C=O) groups is 1. The molecule has 0 aromatic carbocycles. The van der Waals surface area contributed by atoms with Crippen molar-refractivity contribution >= 4 is 5.91 Å². The molecule has 54 valence electrons. The lowest BCUT2D eigenvalue weighted by Gasteiger charge is -2.05. The quantitative estimate of drug-likeness (QED) is 0.456. The topological polar surface area (TPSA) is 43.1 Å². The molecule has 0 aliphatic carbocycles. The Morgan fingerprint density at radius 1 is 1.40 bits per heavy atom. The third-order valence-corrected chi connectivity index (χ3v) is 1.23. The predicted molar refractivity (Wildman–Crippen MR) is 42.2 cm³/mol. The molecule has 2 heteroatoms. The molecule has 0 saturated carbocycles. The molecule has 1 amide bonds. The van der Waals surface area contributed by atoms with Gasteiger partial charge in [-0.05, 0) is 0 Å². The molecule has 2 N–H and O–H groups in total. The van der Waals surface area contributed by atoms with E-state index in [1.54, 1.807) is 12.2 Å². The molecule has 0 aliphatic heterocycles. The summed E-state index contributed by atoms with van der Waals surface area (Å²) in [5.41, 5.74) is 5.28. The molecule has 0 rings (SSSR count). The standard InChI is InChI=1S/C8H11NO/c1-4-7(5-2)6(3)8(9)10/h4-5,7H,1-3H2,(H2,9,10). The minimum absolute atomic E-state index is 0.197. The maximum Gasteiger partial charge on any atom is 0.244 e. The average Bonchev–Trinajstić information content (AvgIpc) is 1.90. The highest BCUT2D eigenvalue weighted by Crippen LogP contribution is 2.09.